The highest BCUT2D eigenvalue weighted by atomic mass is 35.5. The lowest BCUT2D eigenvalue weighted by atomic mass is 9.91. The molecule has 1 aromatic heterocycles. The summed E-state index contributed by atoms with van der Waals surface area (Å²) < 4.78 is 5.29. The molecule has 0 saturated carbocycles. The molecule has 0 unspecified atom stereocenters. The maximum Gasteiger partial charge on any atom is 0.355 e. The smallest absolute Gasteiger partial charge is 0.355 e. The maximum absolute atomic E-state index is 13.3. The molecule has 0 radical (unpaired) electrons. The molecule has 11 heteroatoms. The van der Waals surface area contributed by atoms with E-state index < -0.39 is 22.4 Å². The molecular formula is C25H21ClN6O4. The van der Waals surface area contributed by atoms with Crippen LogP contribution in [-0.2, 0) is 4.79 Å². The molecule has 4 rings (SSSR count). The van der Waals surface area contributed by atoms with Crippen LogP contribution in [0.2, 0.25) is 5.02 Å². The number of amides is 1. The average molecular weight is 505 g/mol. The molecular weight excluding hydrogens is 484 g/mol. The van der Waals surface area contributed by atoms with Gasteiger partial charge in [-0.3, -0.25) is 25.8 Å². The van der Waals surface area contributed by atoms with E-state index in [0.29, 0.717) is 16.5 Å². The van der Waals surface area contributed by atoms with Gasteiger partial charge >= 0.3 is 5.69 Å². The Hall–Kier alpha value is -4.70. The van der Waals surface area contributed by atoms with Gasteiger partial charge in [-0.1, -0.05) is 72.3 Å². The average Bonchev–Trinajstić information content (AvgIpc) is 2.89. The molecule has 0 fully saturated rings. The second-order valence-corrected chi connectivity index (χ2v) is 7.95. The van der Waals surface area contributed by atoms with Crippen LogP contribution in [0.3, 0.4) is 0 Å². The third-order valence-electron chi connectivity index (χ3n) is 5.25. The highest BCUT2D eigenvalue weighted by Gasteiger charge is 2.27. The Labute approximate surface area is 211 Å². The molecule has 182 valence electrons. The van der Waals surface area contributed by atoms with E-state index in [-0.39, 0.29) is 11.6 Å². The Kier molecular flexibility index (Phi) is 7.57. The first kappa shape index (κ1) is 24.4. The van der Waals surface area contributed by atoms with Gasteiger partial charge in [0.1, 0.15) is 12.1 Å². The molecule has 36 heavy (non-hydrogen) atoms. The zero-order valence-corrected chi connectivity index (χ0v) is 19.8. The van der Waals surface area contributed by atoms with Gasteiger partial charge in [-0.25, -0.2) is 9.97 Å². The number of nitrogens with zero attached hydrogens (tertiary/aromatic N) is 3. The van der Waals surface area contributed by atoms with E-state index in [4.69, 9.17) is 16.3 Å². The zero-order chi connectivity index (χ0) is 25.5. The lowest BCUT2D eigenvalue weighted by molar-refractivity contribution is -0.383. The largest absolute Gasteiger partial charge is 0.495 e. The summed E-state index contributed by atoms with van der Waals surface area (Å²) in [5.41, 5.74) is 6.56. The van der Waals surface area contributed by atoms with Crippen LogP contribution in [0.15, 0.2) is 85.2 Å². The van der Waals surface area contributed by atoms with Gasteiger partial charge in [-0.2, -0.15) is 0 Å². The predicted octanol–water partition coefficient (Wildman–Crippen LogP) is 5.07. The number of aromatic nitrogens is 2. The number of rotatable bonds is 9. The van der Waals surface area contributed by atoms with Crippen molar-refractivity contribution >= 4 is 40.5 Å². The number of hydrogen-bond donors (Lipinski definition) is 3. The van der Waals surface area contributed by atoms with Crippen molar-refractivity contribution in [2.75, 3.05) is 17.9 Å². The van der Waals surface area contributed by atoms with Crippen LogP contribution in [0.5, 0.6) is 5.75 Å². The second-order valence-electron chi connectivity index (χ2n) is 7.51. The van der Waals surface area contributed by atoms with E-state index in [1.54, 1.807) is 18.2 Å². The third kappa shape index (κ3) is 5.50. The van der Waals surface area contributed by atoms with Crippen molar-refractivity contribution in [3.05, 3.63) is 111 Å². The van der Waals surface area contributed by atoms with Crippen LogP contribution in [0.25, 0.3) is 0 Å². The van der Waals surface area contributed by atoms with Gasteiger partial charge < -0.3 is 10.1 Å². The summed E-state index contributed by atoms with van der Waals surface area (Å²) in [4.78, 5) is 32.5. The predicted molar refractivity (Wildman–Crippen MR) is 136 cm³/mol. The Morgan fingerprint density at radius 2 is 1.58 bits per heavy atom. The first-order valence-electron chi connectivity index (χ1n) is 10.7. The Bertz CT molecular complexity index is 1330. The van der Waals surface area contributed by atoms with Crippen LogP contribution in [0, 0.1) is 10.1 Å². The van der Waals surface area contributed by atoms with Crippen molar-refractivity contribution in [2.45, 2.75) is 5.92 Å². The molecule has 0 bridgehead atoms. The molecule has 0 saturated heterocycles. The fourth-order valence-corrected chi connectivity index (χ4v) is 3.79. The van der Waals surface area contributed by atoms with E-state index in [1.165, 1.54) is 7.11 Å². The molecule has 0 aliphatic heterocycles. The van der Waals surface area contributed by atoms with Crippen LogP contribution in [0.4, 0.5) is 23.0 Å². The van der Waals surface area contributed by atoms with Gasteiger partial charge in [-0.15, -0.1) is 0 Å². The second kappa shape index (κ2) is 11.2. The van der Waals surface area contributed by atoms with Crippen LogP contribution >= 0.6 is 11.6 Å². The van der Waals surface area contributed by atoms with Crippen molar-refractivity contribution < 1.29 is 14.5 Å². The van der Waals surface area contributed by atoms with Crippen LogP contribution in [0.1, 0.15) is 17.0 Å². The maximum atomic E-state index is 13.3. The quantitative estimate of drug-likeness (QED) is 0.213. The van der Waals surface area contributed by atoms with Crippen molar-refractivity contribution in [3.63, 3.8) is 0 Å². The molecule has 0 spiro atoms. The van der Waals surface area contributed by atoms with E-state index >= 15 is 0 Å². The first-order chi connectivity index (χ1) is 17.5. The Balaban J connectivity index is 1.62. The summed E-state index contributed by atoms with van der Waals surface area (Å²) in [6.45, 7) is 0. The zero-order valence-electron chi connectivity index (χ0n) is 19.0. The molecule has 3 aromatic carbocycles. The number of ether oxygens (including phenoxy) is 1. The van der Waals surface area contributed by atoms with Crippen molar-refractivity contribution in [3.8, 4) is 5.75 Å². The lowest BCUT2D eigenvalue weighted by Gasteiger charge is -2.18. The highest BCUT2D eigenvalue weighted by Crippen LogP contribution is 2.35. The van der Waals surface area contributed by atoms with Crippen molar-refractivity contribution in [1.29, 1.82) is 0 Å². The Morgan fingerprint density at radius 3 is 2.17 bits per heavy atom. The summed E-state index contributed by atoms with van der Waals surface area (Å²) in [7, 11) is 1.46. The molecule has 4 aromatic rings. The summed E-state index contributed by atoms with van der Waals surface area (Å²) >= 11 is 6.07. The first-order valence-corrected chi connectivity index (χ1v) is 11.1. The van der Waals surface area contributed by atoms with Gasteiger partial charge in [0.25, 0.3) is 0 Å². The molecule has 3 N–H and O–H groups in total. The topological polar surface area (TPSA) is 131 Å². The molecule has 10 nitrogen and oxygen atoms in total. The fraction of sp³-hybridized carbons (Fsp3) is 0.0800. The van der Waals surface area contributed by atoms with Gasteiger partial charge in [0, 0.05) is 5.02 Å². The van der Waals surface area contributed by atoms with Crippen molar-refractivity contribution in [1.82, 2.24) is 15.4 Å². The Morgan fingerprint density at radius 1 is 0.972 bits per heavy atom. The third-order valence-corrected chi connectivity index (χ3v) is 5.49. The SMILES string of the molecule is COc1ccc(Cl)cc1Nc1ncnc(NNC(=O)C(c2ccccc2)c2ccccc2)c1[N+](=O)[O-]. The molecule has 0 aliphatic rings. The van der Waals surface area contributed by atoms with E-state index in [2.05, 4.69) is 26.1 Å². The number of hydrogen-bond acceptors (Lipinski definition) is 8. The van der Waals surface area contributed by atoms with Crippen molar-refractivity contribution in [2.24, 2.45) is 0 Å². The van der Waals surface area contributed by atoms with Gasteiger partial charge in [0.2, 0.25) is 17.5 Å². The van der Waals surface area contributed by atoms with E-state index in [0.717, 1.165) is 17.5 Å². The number of hydrazine groups is 1. The number of anilines is 3. The molecule has 0 atom stereocenters. The number of benzene rings is 3. The molecule has 1 amide bonds. The number of nitro groups is 1. The van der Waals surface area contributed by atoms with Crippen LogP contribution < -0.4 is 20.9 Å². The standard InChI is InChI=1S/C25H21ClN6O4/c1-36-20-13-12-18(26)14-19(20)29-23-22(32(34)35)24(28-15-27-23)30-31-25(33)21(16-8-4-2-5-9-16)17-10-6-3-7-11-17/h2-15,21H,1H3,(H,31,33)(H2,27,28,29,30). The summed E-state index contributed by atoms with van der Waals surface area (Å²) in [5.74, 6) is -0.995. The van der Waals surface area contributed by atoms with E-state index in [1.807, 2.05) is 60.7 Å². The highest BCUT2D eigenvalue weighted by molar-refractivity contribution is 6.31. The lowest BCUT2D eigenvalue weighted by Crippen LogP contribution is -2.35. The number of halogens is 1. The normalized spacial score (nSPS) is 10.5. The number of carbonyl (C=O) groups excluding carboxylic acids is 1. The van der Waals surface area contributed by atoms with Gasteiger partial charge in [0.05, 0.1) is 23.6 Å². The van der Waals surface area contributed by atoms with Gasteiger partial charge in [-0.05, 0) is 29.3 Å². The summed E-state index contributed by atoms with van der Waals surface area (Å²) in [5, 5.41) is 15.2. The minimum absolute atomic E-state index is 0.116. The van der Waals surface area contributed by atoms with E-state index in [9.17, 15) is 14.9 Å². The summed E-state index contributed by atoms with van der Waals surface area (Å²) in [6.07, 6.45) is 1.13. The van der Waals surface area contributed by atoms with Gasteiger partial charge in [0.15, 0.2) is 0 Å². The number of nitrogens with one attached hydrogen (secondary N) is 3. The fourth-order valence-electron chi connectivity index (χ4n) is 3.62. The molecule has 1 heterocycles. The minimum Gasteiger partial charge on any atom is -0.495 e. The number of methoxy groups -OCH3 is 1. The number of carbonyl (C=O) groups is 1. The molecule has 0 aliphatic carbocycles. The van der Waals surface area contributed by atoms with Crippen LogP contribution in [-0.4, -0.2) is 27.9 Å². The minimum atomic E-state index is -0.658. The monoisotopic (exact) mass is 504 g/mol. The summed E-state index contributed by atoms with van der Waals surface area (Å²) in [6, 6.07) is 23.2.